The first kappa shape index (κ1) is 12.0. The summed E-state index contributed by atoms with van der Waals surface area (Å²) >= 11 is 0. The van der Waals surface area contributed by atoms with Gasteiger partial charge in [-0.25, -0.2) is 0 Å². The molecule has 1 aliphatic carbocycles. The fourth-order valence-corrected chi connectivity index (χ4v) is 2.17. The third-order valence-electron chi connectivity index (χ3n) is 3.31. The zero-order chi connectivity index (χ0) is 10.4. The van der Waals surface area contributed by atoms with E-state index in [0.717, 1.165) is 32.1 Å². The normalized spacial score (nSPS) is 20.8. The lowest BCUT2D eigenvalue weighted by molar-refractivity contribution is 0.0910. The Kier molecular flexibility index (Phi) is 4.90. The molecule has 0 amide bonds. The van der Waals surface area contributed by atoms with Gasteiger partial charge in [0.05, 0.1) is 0 Å². The van der Waals surface area contributed by atoms with E-state index >= 15 is 0 Å². The van der Waals surface area contributed by atoms with Crippen LogP contribution >= 0.6 is 0 Å². The fourth-order valence-electron chi connectivity index (χ4n) is 2.17. The number of hydrogen-bond acceptors (Lipinski definition) is 2. The van der Waals surface area contributed by atoms with Gasteiger partial charge in [-0.15, -0.1) is 0 Å². The van der Waals surface area contributed by atoms with Crippen LogP contribution in [0.5, 0.6) is 0 Å². The van der Waals surface area contributed by atoms with Crippen molar-refractivity contribution in [2.45, 2.75) is 39.5 Å². The van der Waals surface area contributed by atoms with E-state index in [-0.39, 0.29) is 0 Å². The highest BCUT2D eigenvalue weighted by molar-refractivity contribution is 4.92. The first-order valence-corrected chi connectivity index (χ1v) is 5.95. The van der Waals surface area contributed by atoms with Crippen LogP contribution in [0.2, 0.25) is 0 Å². The molecule has 0 aromatic heterocycles. The van der Waals surface area contributed by atoms with Crippen molar-refractivity contribution < 1.29 is 4.74 Å². The van der Waals surface area contributed by atoms with Gasteiger partial charge >= 0.3 is 0 Å². The van der Waals surface area contributed by atoms with E-state index in [1.165, 1.54) is 19.3 Å². The third-order valence-corrected chi connectivity index (χ3v) is 3.31. The van der Waals surface area contributed by atoms with Gasteiger partial charge in [-0.05, 0) is 44.1 Å². The fraction of sp³-hybridized carbons (Fsp3) is 1.00. The van der Waals surface area contributed by atoms with Gasteiger partial charge in [-0.3, -0.25) is 0 Å². The van der Waals surface area contributed by atoms with Crippen molar-refractivity contribution in [1.29, 1.82) is 0 Å². The molecule has 0 spiro atoms. The monoisotopic (exact) mass is 199 g/mol. The van der Waals surface area contributed by atoms with E-state index in [4.69, 9.17) is 4.74 Å². The van der Waals surface area contributed by atoms with Crippen molar-refractivity contribution in [2.24, 2.45) is 11.3 Å². The molecule has 1 unspecified atom stereocenters. The van der Waals surface area contributed by atoms with Gasteiger partial charge < -0.3 is 10.1 Å². The van der Waals surface area contributed by atoms with Gasteiger partial charge in [0.1, 0.15) is 0 Å². The molecule has 2 nitrogen and oxygen atoms in total. The Bertz CT molecular complexity index is 156. The van der Waals surface area contributed by atoms with Crippen LogP contribution in [0.4, 0.5) is 0 Å². The zero-order valence-electron chi connectivity index (χ0n) is 9.94. The van der Waals surface area contributed by atoms with Gasteiger partial charge in [0.15, 0.2) is 0 Å². The molecular formula is C12H25NO. The van der Waals surface area contributed by atoms with E-state index in [1.807, 2.05) is 7.05 Å². The molecule has 0 saturated heterocycles. The Morgan fingerprint density at radius 2 is 2.07 bits per heavy atom. The van der Waals surface area contributed by atoms with Crippen molar-refractivity contribution >= 4 is 0 Å². The van der Waals surface area contributed by atoms with Crippen molar-refractivity contribution in [3.63, 3.8) is 0 Å². The highest BCUT2D eigenvalue weighted by Crippen LogP contribution is 2.47. The van der Waals surface area contributed by atoms with Crippen LogP contribution < -0.4 is 5.32 Å². The molecule has 0 heterocycles. The van der Waals surface area contributed by atoms with E-state index in [9.17, 15) is 0 Å². The summed E-state index contributed by atoms with van der Waals surface area (Å²) in [5, 5.41) is 3.31. The molecule has 0 aromatic rings. The first-order chi connectivity index (χ1) is 6.73. The summed E-state index contributed by atoms with van der Waals surface area (Å²) in [6, 6.07) is 0. The summed E-state index contributed by atoms with van der Waals surface area (Å²) in [4.78, 5) is 0. The van der Waals surface area contributed by atoms with Gasteiger partial charge in [-0.2, -0.15) is 0 Å². The average molecular weight is 199 g/mol. The average Bonchev–Trinajstić information content (AvgIpc) is 2.96. The molecule has 1 N–H and O–H groups in total. The maximum atomic E-state index is 5.57. The minimum atomic E-state index is 0.475. The zero-order valence-corrected chi connectivity index (χ0v) is 9.94. The largest absolute Gasteiger partial charge is 0.381 e. The van der Waals surface area contributed by atoms with Crippen molar-refractivity contribution in [3.05, 3.63) is 0 Å². The van der Waals surface area contributed by atoms with E-state index in [0.29, 0.717) is 5.41 Å². The Morgan fingerprint density at radius 1 is 1.36 bits per heavy atom. The molecule has 1 rings (SSSR count). The molecule has 0 radical (unpaired) electrons. The molecule has 0 aliphatic heterocycles. The molecule has 84 valence electrons. The SMILES string of the molecule is CCCOCCC(C)(CNC)C1CC1. The summed E-state index contributed by atoms with van der Waals surface area (Å²) in [5.41, 5.74) is 0.475. The lowest BCUT2D eigenvalue weighted by Crippen LogP contribution is -2.33. The molecule has 14 heavy (non-hydrogen) atoms. The van der Waals surface area contributed by atoms with E-state index in [1.54, 1.807) is 0 Å². The van der Waals surface area contributed by atoms with Crippen LogP contribution in [-0.4, -0.2) is 26.8 Å². The second-order valence-electron chi connectivity index (χ2n) is 4.82. The summed E-state index contributed by atoms with van der Waals surface area (Å²) in [6.07, 6.45) is 5.18. The molecule has 1 saturated carbocycles. The summed E-state index contributed by atoms with van der Waals surface area (Å²) in [5.74, 6) is 0.945. The lowest BCUT2D eigenvalue weighted by Gasteiger charge is -2.29. The Hall–Kier alpha value is -0.0800. The van der Waals surface area contributed by atoms with Gasteiger partial charge in [0.2, 0.25) is 0 Å². The maximum Gasteiger partial charge on any atom is 0.0471 e. The minimum Gasteiger partial charge on any atom is -0.381 e. The second-order valence-corrected chi connectivity index (χ2v) is 4.82. The summed E-state index contributed by atoms with van der Waals surface area (Å²) in [7, 11) is 2.05. The third kappa shape index (κ3) is 3.58. The van der Waals surface area contributed by atoms with Gasteiger partial charge in [-0.1, -0.05) is 13.8 Å². The van der Waals surface area contributed by atoms with Crippen molar-refractivity contribution in [2.75, 3.05) is 26.8 Å². The second kappa shape index (κ2) is 5.72. The van der Waals surface area contributed by atoms with Gasteiger partial charge in [0, 0.05) is 19.8 Å². The van der Waals surface area contributed by atoms with Crippen LogP contribution in [0.1, 0.15) is 39.5 Å². The van der Waals surface area contributed by atoms with Crippen molar-refractivity contribution in [3.8, 4) is 0 Å². The summed E-state index contributed by atoms with van der Waals surface area (Å²) in [6.45, 7) is 7.54. The van der Waals surface area contributed by atoms with Crippen LogP contribution in [0, 0.1) is 11.3 Å². The standard InChI is InChI=1S/C12H25NO/c1-4-8-14-9-7-12(2,10-13-3)11-5-6-11/h11,13H,4-10H2,1-3H3. The lowest BCUT2D eigenvalue weighted by atomic mass is 9.82. The molecule has 1 fully saturated rings. The first-order valence-electron chi connectivity index (χ1n) is 5.95. The topological polar surface area (TPSA) is 21.3 Å². The predicted molar refractivity (Wildman–Crippen MR) is 60.5 cm³/mol. The van der Waals surface area contributed by atoms with Crippen LogP contribution in [-0.2, 0) is 4.74 Å². The molecule has 1 atom stereocenters. The smallest absolute Gasteiger partial charge is 0.0471 e. The maximum absolute atomic E-state index is 5.57. The Morgan fingerprint density at radius 3 is 2.57 bits per heavy atom. The Balaban J connectivity index is 2.21. The number of nitrogens with one attached hydrogen (secondary N) is 1. The molecular weight excluding hydrogens is 174 g/mol. The number of hydrogen-bond donors (Lipinski definition) is 1. The van der Waals surface area contributed by atoms with Crippen LogP contribution in [0.3, 0.4) is 0 Å². The molecule has 1 aliphatic rings. The predicted octanol–water partition coefficient (Wildman–Crippen LogP) is 2.44. The Labute approximate surface area is 88.4 Å². The van der Waals surface area contributed by atoms with Crippen LogP contribution in [0.15, 0.2) is 0 Å². The van der Waals surface area contributed by atoms with Crippen LogP contribution in [0.25, 0.3) is 0 Å². The highest BCUT2D eigenvalue weighted by Gasteiger charge is 2.40. The van der Waals surface area contributed by atoms with Gasteiger partial charge in [0.25, 0.3) is 0 Å². The van der Waals surface area contributed by atoms with E-state index in [2.05, 4.69) is 19.2 Å². The molecule has 0 bridgehead atoms. The molecule has 0 aromatic carbocycles. The number of rotatable bonds is 8. The highest BCUT2D eigenvalue weighted by atomic mass is 16.5. The number of ether oxygens (including phenoxy) is 1. The quantitative estimate of drug-likeness (QED) is 0.606. The minimum absolute atomic E-state index is 0.475. The summed E-state index contributed by atoms with van der Waals surface area (Å²) < 4.78 is 5.57. The van der Waals surface area contributed by atoms with Crippen molar-refractivity contribution in [1.82, 2.24) is 5.32 Å². The molecule has 2 heteroatoms. The van der Waals surface area contributed by atoms with E-state index < -0.39 is 0 Å².